The number of sulfonamides is 1. The van der Waals surface area contributed by atoms with E-state index in [-0.39, 0.29) is 6.54 Å². The van der Waals surface area contributed by atoms with Crippen LogP contribution >= 0.6 is 11.6 Å². The number of amides is 1. The molecule has 0 saturated carbocycles. The maximum atomic E-state index is 12.4. The molecule has 0 aromatic heterocycles. The third-order valence-corrected chi connectivity index (χ3v) is 5.96. The molecule has 0 atom stereocenters. The van der Waals surface area contributed by atoms with Crippen molar-refractivity contribution < 1.29 is 17.9 Å². The highest BCUT2D eigenvalue weighted by molar-refractivity contribution is 7.92. The largest absolute Gasteiger partial charge is 0.378 e. The van der Waals surface area contributed by atoms with Gasteiger partial charge in [-0.1, -0.05) is 29.8 Å². The van der Waals surface area contributed by atoms with Gasteiger partial charge in [0.2, 0.25) is 15.9 Å². The fourth-order valence-corrected chi connectivity index (χ4v) is 4.10. The summed E-state index contributed by atoms with van der Waals surface area (Å²) in [5, 5.41) is 3.17. The number of anilines is 2. The zero-order chi connectivity index (χ0) is 20.9. The van der Waals surface area contributed by atoms with Gasteiger partial charge >= 0.3 is 0 Å². The van der Waals surface area contributed by atoms with Gasteiger partial charge in [0.25, 0.3) is 0 Å². The van der Waals surface area contributed by atoms with E-state index in [0.717, 1.165) is 48.1 Å². The van der Waals surface area contributed by atoms with Gasteiger partial charge in [-0.3, -0.25) is 9.10 Å². The zero-order valence-electron chi connectivity index (χ0n) is 16.2. The summed E-state index contributed by atoms with van der Waals surface area (Å²) in [4.78, 5) is 14.6. The van der Waals surface area contributed by atoms with Crippen molar-refractivity contribution in [2.24, 2.45) is 0 Å². The van der Waals surface area contributed by atoms with Crippen LogP contribution in [0.4, 0.5) is 11.4 Å². The fourth-order valence-electron chi connectivity index (χ4n) is 3.06. The van der Waals surface area contributed by atoms with Gasteiger partial charge in [-0.15, -0.1) is 0 Å². The Morgan fingerprint density at radius 2 is 1.86 bits per heavy atom. The summed E-state index contributed by atoms with van der Waals surface area (Å²) in [6.07, 6.45) is 1.06. The van der Waals surface area contributed by atoms with Crippen molar-refractivity contribution in [3.63, 3.8) is 0 Å². The molecule has 1 N–H and O–H groups in total. The topological polar surface area (TPSA) is 79.0 Å². The molecule has 0 radical (unpaired) electrons. The smallest absolute Gasteiger partial charge is 0.241 e. The Hall–Kier alpha value is -2.29. The second-order valence-electron chi connectivity index (χ2n) is 6.79. The van der Waals surface area contributed by atoms with Gasteiger partial charge in [0.05, 0.1) is 25.2 Å². The van der Waals surface area contributed by atoms with Crippen molar-refractivity contribution in [2.45, 2.75) is 6.54 Å². The minimum atomic E-state index is -3.63. The molecule has 7 nitrogen and oxygen atoms in total. The van der Waals surface area contributed by atoms with Crippen LogP contribution in [0.5, 0.6) is 0 Å². The fraction of sp³-hybridized carbons (Fsp3) is 0.350. The minimum Gasteiger partial charge on any atom is -0.378 e. The summed E-state index contributed by atoms with van der Waals surface area (Å²) < 4.78 is 30.7. The van der Waals surface area contributed by atoms with Crippen LogP contribution in [0.2, 0.25) is 5.02 Å². The van der Waals surface area contributed by atoms with Crippen LogP contribution in [0.3, 0.4) is 0 Å². The van der Waals surface area contributed by atoms with Gasteiger partial charge in [0, 0.05) is 30.3 Å². The molecule has 156 valence electrons. The third kappa shape index (κ3) is 6.09. The molecule has 1 fully saturated rings. The van der Waals surface area contributed by atoms with E-state index in [1.54, 1.807) is 18.2 Å². The van der Waals surface area contributed by atoms with Crippen molar-refractivity contribution in [2.75, 3.05) is 48.3 Å². The van der Waals surface area contributed by atoms with E-state index in [4.69, 9.17) is 16.3 Å². The molecular formula is C20H24ClN3O4S. The zero-order valence-corrected chi connectivity index (χ0v) is 17.7. The summed E-state index contributed by atoms with van der Waals surface area (Å²) >= 11 is 5.95. The van der Waals surface area contributed by atoms with Crippen LogP contribution in [-0.4, -0.2) is 53.4 Å². The average molecular weight is 438 g/mol. The predicted molar refractivity (Wildman–Crippen MR) is 115 cm³/mol. The molecule has 3 rings (SSSR count). The number of nitrogens with one attached hydrogen (secondary N) is 1. The summed E-state index contributed by atoms with van der Waals surface area (Å²) in [6, 6.07) is 14.3. The molecule has 2 aromatic carbocycles. The van der Waals surface area contributed by atoms with E-state index in [1.807, 2.05) is 24.3 Å². The van der Waals surface area contributed by atoms with E-state index in [0.29, 0.717) is 17.3 Å². The summed E-state index contributed by atoms with van der Waals surface area (Å²) in [7, 11) is -3.63. The van der Waals surface area contributed by atoms with E-state index >= 15 is 0 Å². The number of morpholine rings is 1. The first-order valence-electron chi connectivity index (χ1n) is 9.24. The van der Waals surface area contributed by atoms with Crippen LogP contribution < -0.4 is 14.5 Å². The Balaban J connectivity index is 1.59. The average Bonchev–Trinajstić information content (AvgIpc) is 2.70. The Labute approximate surface area is 176 Å². The molecule has 29 heavy (non-hydrogen) atoms. The minimum absolute atomic E-state index is 0.314. The SMILES string of the molecule is CS(=O)(=O)N(CC(=O)NCc1ccc(N2CCOCC2)cc1)c1cccc(Cl)c1. The van der Waals surface area contributed by atoms with Crippen molar-refractivity contribution in [3.05, 3.63) is 59.1 Å². The van der Waals surface area contributed by atoms with Crippen LogP contribution in [0.15, 0.2) is 48.5 Å². The maximum Gasteiger partial charge on any atom is 0.241 e. The Kier molecular flexibility index (Phi) is 7.00. The number of halogens is 1. The van der Waals surface area contributed by atoms with Crippen LogP contribution in [0, 0.1) is 0 Å². The predicted octanol–water partition coefficient (Wildman–Crippen LogP) is 2.26. The molecule has 0 bridgehead atoms. The molecule has 1 aliphatic heterocycles. The lowest BCUT2D eigenvalue weighted by Crippen LogP contribution is -2.40. The van der Waals surface area contributed by atoms with Gasteiger partial charge in [-0.25, -0.2) is 8.42 Å². The van der Waals surface area contributed by atoms with E-state index in [2.05, 4.69) is 10.2 Å². The van der Waals surface area contributed by atoms with Crippen molar-refractivity contribution in [1.29, 1.82) is 0 Å². The van der Waals surface area contributed by atoms with Crippen LogP contribution in [-0.2, 0) is 26.1 Å². The summed E-state index contributed by atoms with van der Waals surface area (Å²) in [5.74, 6) is -0.396. The molecule has 2 aromatic rings. The second-order valence-corrected chi connectivity index (χ2v) is 9.14. The number of hydrogen-bond donors (Lipinski definition) is 1. The first-order chi connectivity index (χ1) is 13.8. The number of rotatable bonds is 7. The molecule has 0 unspecified atom stereocenters. The Bertz CT molecular complexity index is 944. The Morgan fingerprint density at radius 3 is 2.48 bits per heavy atom. The highest BCUT2D eigenvalue weighted by Gasteiger charge is 2.21. The number of benzene rings is 2. The van der Waals surface area contributed by atoms with Gasteiger partial charge in [0.15, 0.2) is 0 Å². The second kappa shape index (κ2) is 9.47. The molecular weight excluding hydrogens is 414 g/mol. The van der Waals surface area contributed by atoms with Crippen molar-refractivity contribution in [1.82, 2.24) is 5.32 Å². The highest BCUT2D eigenvalue weighted by atomic mass is 35.5. The molecule has 1 saturated heterocycles. The number of carbonyl (C=O) groups excluding carboxylic acids is 1. The van der Waals surface area contributed by atoms with E-state index in [9.17, 15) is 13.2 Å². The molecule has 0 spiro atoms. The molecule has 1 amide bonds. The quantitative estimate of drug-likeness (QED) is 0.718. The number of hydrogen-bond acceptors (Lipinski definition) is 5. The monoisotopic (exact) mass is 437 g/mol. The van der Waals surface area contributed by atoms with Crippen molar-refractivity contribution in [3.8, 4) is 0 Å². The van der Waals surface area contributed by atoms with Gasteiger partial charge < -0.3 is 15.0 Å². The van der Waals surface area contributed by atoms with Crippen LogP contribution in [0.1, 0.15) is 5.56 Å². The molecule has 1 aliphatic rings. The first kappa shape index (κ1) is 21.4. The van der Waals surface area contributed by atoms with E-state index < -0.39 is 15.9 Å². The summed E-state index contributed by atoms with van der Waals surface area (Å²) in [5.41, 5.74) is 2.40. The lowest BCUT2D eigenvalue weighted by molar-refractivity contribution is -0.119. The standard InChI is InChI=1S/C20H24ClN3O4S/c1-29(26,27)24(19-4-2-3-17(21)13-19)15-20(25)22-14-16-5-7-18(8-6-16)23-9-11-28-12-10-23/h2-8,13H,9-12,14-15H2,1H3,(H,22,25). The number of carbonyl (C=O) groups is 1. The summed E-state index contributed by atoms with van der Waals surface area (Å²) in [6.45, 7) is 3.17. The number of nitrogens with zero attached hydrogens (tertiary/aromatic N) is 2. The van der Waals surface area contributed by atoms with Gasteiger partial charge in [0.1, 0.15) is 6.54 Å². The van der Waals surface area contributed by atoms with Gasteiger partial charge in [-0.2, -0.15) is 0 Å². The van der Waals surface area contributed by atoms with Gasteiger partial charge in [-0.05, 0) is 35.9 Å². The van der Waals surface area contributed by atoms with E-state index in [1.165, 1.54) is 6.07 Å². The maximum absolute atomic E-state index is 12.4. The number of ether oxygens (including phenoxy) is 1. The lowest BCUT2D eigenvalue weighted by atomic mass is 10.2. The highest BCUT2D eigenvalue weighted by Crippen LogP contribution is 2.21. The normalized spacial score (nSPS) is 14.5. The lowest BCUT2D eigenvalue weighted by Gasteiger charge is -2.29. The molecule has 1 heterocycles. The molecule has 0 aliphatic carbocycles. The Morgan fingerprint density at radius 1 is 1.17 bits per heavy atom. The first-order valence-corrected chi connectivity index (χ1v) is 11.5. The molecule has 9 heteroatoms. The third-order valence-electron chi connectivity index (χ3n) is 4.59. The van der Waals surface area contributed by atoms with Crippen molar-refractivity contribution >= 4 is 38.9 Å². The van der Waals surface area contributed by atoms with Crippen LogP contribution in [0.25, 0.3) is 0 Å².